The highest BCUT2D eigenvalue weighted by Crippen LogP contribution is 2.37. The maximum Gasteiger partial charge on any atom is 0.312 e. The summed E-state index contributed by atoms with van der Waals surface area (Å²) in [6, 6.07) is 1.31. The zero-order valence-electron chi connectivity index (χ0n) is 11.4. The summed E-state index contributed by atoms with van der Waals surface area (Å²) >= 11 is 5.78. The van der Waals surface area contributed by atoms with Gasteiger partial charge in [-0.05, 0) is 18.8 Å². The number of aromatic nitrogens is 1. The molecule has 0 aromatic carbocycles. The van der Waals surface area contributed by atoms with Crippen molar-refractivity contribution >= 4 is 23.1 Å². The minimum atomic E-state index is -0.473. The van der Waals surface area contributed by atoms with Gasteiger partial charge < -0.3 is 11.1 Å². The fourth-order valence-corrected chi connectivity index (χ4v) is 3.01. The fraction of sp³-hybridized carbons (Fsp3) is 0.615. The average Bonchev–Trinajstić information content (AvgIpc) is 2.43. The number of rotatable bonds is 4. The first-order valence-electron chi connectivity index (χ1n) is 6.77. The molecule has 0 radical (unpaired) electrons. The molecule has 6 nitrogen and oxygen atoms in total. The third-order valence-corrected chi connectivity index (χ3v) is 4.42. The molecule has 1 aromatic rings. The molecule has 1 aliphatic carbocycles. The molecule has 0 bridgehead atoms. The quantitative estimate of drug-likeness (QED) is 0.658. The molecule has 0 aliphatic heterocycles. The van der Waals surface area contributed by atoms with Crippen molar-refractivity contribution in [3.63, 3.8) is 0 Å². The first-order valence-corrected chi connectivity index (χ1v) is 7.14. The summed E-state index contributed by atoms with van der Waals surface area (Å²) < 4.78 is 0. The van der Waals surface area contributed by atoms with Gasteiger partial charge in [0.25, 0.3) is 0 Å². The molecule has 1 aliphatic rings. The first-order chi connectivity index (χ1) is 9.48. The average molecular weight is 299 g/mol. The van der Waals surface area contributed by atoms with Gasteiger partial charge in [0.1, 0.15) is 0 Å². The number of hydrogen-bond acceptors (Lipinski definition) is 5. The molecule has 0 saturated heterocycles. The van der Waals surface area contributed by atoms with E-state index in [1.165, 1.54) is 18.7 Å². The zero-order chi connectivity index (χ0) is 14.8. The van der Waals surface area contributed by atoms with Crippen LogP contribution in [-0.4, -0.2) is 22.0 Å². The number of halogens is 1. The van der Waals surface area contributed by atoms with Crippen LogP contribution in [-0.2, 0) is 0 Å². The van der Waals surface area contributed by atoms with Crippen molar-refractivity contribution < 1.29 is 4.92 Å². The Labute approximate surface area is 122 Å². The van der Waals surface area contributed by atoms with E-state index in [0.717, 1.165) is 19.3 Å². The lowest BCUT2D eigenvalue weighted by molar-refractivity contribution is -0.384. The van der Waals surface area contributed by atoms with E-state index in [-0.39, 0.29) is 22.1 Å². The Bertz CT molecular complexity index is 511. The highest BCUT2D eigenvalue weighted by atomic mass is 35.5. The van der Waals surface area contributed by atoms with E-state index in [4.69, 9.17) is 17.3 Å². The number of nitrogens with one attached hydrogen (secondary N) is 1. The van der Waals surface area contributed by atoms with Crippen molar-refractivity contribution in [3.05, 3.63) is 27.4 Å². The third-order valence-electron chi connectivity index (χ3n) is 4.22. The number of anilines is 1. The van der Waals surface area contributed by atoms with Gasteiger partial charge in [-0.1, -0.05) is 31.4 Å². The van der Waals surface area contributed by atoms with Crippen LogP contribution in [0, 0.1) is 16.0 Å². The lowest BCUT2D eigenvalue weighted by atomic mass is 9.73. The molecule has 2 atom stereocenters. The van der Waals surface area contributed by atoms with Crippen LogP contribution in [0.1, 0.15) is 32.6 Å². The van der Waals surface area contributed by atoms with Gasteiger partial charge in [-0.2, -0.15) is 0 Å². The highest BCUT2D eigenvalue weighted by Gasteiger charge is 2.38. The molecule has 1 saturated carbocycles. The second kappa shape index (κ2) is 5.93. The summed E-state index contributed by atoms with van der Waals surface area (Å²) in [4.78, 5) is 14.7. The Morgan fingerprint density at radius 1 is 1.65 bits per heavy atom. The van der Waals surface area contributed by atoms with Crippen LogP contribution in [0.3, 0.4) is 0 Å². The van der Waals surface area contributed by atoms with Gasteiger partial charge in [0.2, 0.25) is 5.82 Å². The van der Waals surface area contributed by atoms with Gasteiger partial charge in [0.05, 0.1) is 15.5 Å². The molecule has 7 heteroatoms. The number of pyridine rings is 1. The SMILES string of the molecule is CC1CCCCC1(CN)Nc1ncc(Cl)cc1[N+](=O)[O-]. The molecule has 1 aromatic heterocycles. The van der Waals surface area contributed by atoms with E-state index >= 15 is 0 Å². The Kier molecular flexibility index (Phi) is 4.45. The van der Waals surface area contributed by atoms with Crippen molar-refractivity contribution in [2.24, 2.45) is 11.7 Å². The van der Waals surface area contributed by atoms with Gasteiger partial charge in [0, 0.05) is 18.8 Å². The lowest BCUT2D eigenvalue weighted by Gasteiger charge is -2.42. The second-order valence-electron chi connectivity index (χ2n) is 5.41. The molecule has 0 spiro atoms. The fourth-order valence-electron chi connectivity index (χ4n) is 2.85. The smallest absolute Gasteiger partial charge is 0.312 e. The summed E-state index contributed by atoms with van der Waals surface area (Å²) in [6.07, 6.45) is 5.60. The maximum absolute atomic E-state index is 11.1. The molecule has 2 unspecified atom stereocenters. The van der Waals surface area contributed by atoms with E-state index in [9.17, 15) is 10.1 Å². The molecular formula is C13H19ClN4O2. The normalized spacial score (nSPS) is 26.2. The molecule has 20 heavy (non-hydrogen) atoms. The summed E-state index contributed by atoms with van der Waals surface area (Å²) in [6.45, 7) is 2.55. The largest absolute Gasteiger partial charge is 0.357 e. The van der Waals surface area contributed by atoms with E-state index in [1.807, 2.05) is 0 Å². The van der Waals surface area contributed by atoms with Gasteiger partial charge >= 0.3 is 5.69 Å². The first kappa shape index (κ1) is 15.0. The maximum atomic E-state index is 11.1. The van der Waals surface area contributed by atoms with E-state index in [0.29, 0.717) is 12.5 Å². The highest BCUT2D eigenvalue weighted by molar-refractivity contribution is 6.30. The van der Waals surface area contributed by atoms with Gasteiger partial charge in [0.15, 0.2) is 0 Å². The minimum Gasteiger partial charge on any atom is -0.357 e. The zero-order valence-corrected chi connectivity index (χ0v) is 12.2. The third kappa shape index (κ3) is 2.86. The van der Waals surface area contributed by atoms with Gasteiger partial charge in [-0.25, -0.2) is 4.98 Å². The Morgan fingerprint density at radius 2 is 2.40 bits per heavy atom. The van der Waals surface area contributed by atoms with Crippen LogP contribution in [0.25, 0.3) is 0 Å². The van der Waals surface area contributed by atoms with Crippen LogP contribution in [0.15, 0.2) is 12.3 Å². The Hall–Kier alpha value is -1.40. The van der Waals surface area contributed by atoms with Crippen LogP contribution in [0.4, 0.5) is 11.5 Å². The molecule has 2 rings (SSSR count). The summed E-state index contributed by atoms with van der Waals surface area (Å²) in [5, 5.41) is 14.6. The number of nitrogens with zero attached hydrogens (tertiary/aromatic N) is 2. The van der Waals surface area contributed by atoms with Crippen LogP contribution < -0.4 is 11.1 Å². The van der Waals surface area contributed by atoms with E-state index in [1.54, 1.807) is 0 Å². The van der Waals surface area contributed by atoms with E-state index < -0.39 is 4.92 Å². The Balaban J connectivity index is 2.34. The predicted molar refractivity (Wildman–Crippen MR) is 78.9 cm³/mol. The van der Waals surface area contributed by atoms with Crippen molar-refractivity contribution in [2.75, 3.05) is 11.9 Å². The van der Waals surface area contributed by atoms with Crippen LogP contribution >= 0.6 is 11.6 Å². The van der Waals surface area contributed by atoms with Crippen LogP contribution in [0.2, 0.25) is 5.02 Å². The topological polar surface area (TPSA) is 94.1 Å². The number of hydrogen-bond donors (Lipinski definition) is 2. The molecular weight excluding hydrogens is 280 g/mol. The van der Waals surface area contributed by atoms with Gasteiger partial charge in [-0.3, -0.25) is 10.1 Å². The summed E-state index contributed by atoms with van der Waals surface area (Å²) in [5.41, 5.74) is 5.51. The summed E-state index contributed by atoms with van der Waals surface area (Å²) in [7, 11) is 0. The van der Waals surface area contributed by atoms with Crippen molar-refractivity contribution in [1.82, 2.24) is 4.98 Å². The van der Waals surface area contributed by atoms with Crippen LogP contribution in [0.5, 0.6) is 0 Å². The second-order valence-corrected chi connectivity index (χ2v) is 5.85. The molecule has 110 valence electrons. The summed E-state index contributed by atoms with van der Waals surface area (Å²) in [5.74, 6) is 0.594. The van der Waals surface area contributed by atoms with Crippen molar-refractivity contribution in [3.8, 4) is 0 Å². The molecule has 1 fully saturated rings. The van der Waals surface area contributed by atoms with E-state index in [2.05, 4.69) is 17.2 Å². The molecule has 1 heterocycles. The molecule has 0 amide bonds. The van der Waals surface area contributed by atoms with Crippen molar-refractivity contribution in [2.45, 2.75) is 38.1 Å². The van der Waals surface area contributed by atoms with Gasteiger partial charge in [-0.15, -0.1) is 0 Å². The Morgan fingerprint density at radius 3 is 3.00 bits per heavy atom. The molecule has 3 N–H and O–H groups in total. The lowest BCUT2D eigenvalue weighted by Crippen LogP contribution is -2.52. The monoisotopic (exact) mass is 298 g/mol. The standard InChI is InChI=1S/C13H19ClN4O2/c1-9-4-2-3-5-13(9,8-15)17-12-11(18(19)20)6-10(14)7-16-12/h6-7,9H,2-5,8,15H2,1H3,(H,16,17). The predicted octanol–water partition coefficient (Wildman–Crippen LogP) is 2.96. The minimum absolute atomic E-state index is 0.108. The number of nitro groups is 1. The number of nitrogens with two attached hydrogens (primary N) is 1. The van der Waals surface area contributed by atoms with Crippen molar-refractivity contribution in [1.29, 1.82) is 0 Å².